The van der Waals surface area contributed by atoms with Crippen LogP contribution in [-0.2, 0) is 6.54 Å². The summed E-state index contributed by atoms with van der Waals surface area (Å²) < 4.78 is 5.65. The van der Waals surface area contributed by atoms with Gasteiger partial charge in [0.25, 0.3) is 6.01 Å². The molecule has 4 nitrogen and oxygen atoms in total. The van der Waals surface area contributed by atoms with Crippen molar-refractivity contribution in [3.8, 4) is 0 Å². The van der Waals surface area contributed by atoms with Crippen LogP contribution in [0.2, 0.25) is 0 Å². The van der Waals surface area contributed by atoms with Crippen molar-refractivity contribution in [2.75, 3.05) is 18.5 Å². The van der Waals surface area contributed by atoms with E-state index in [1.54, 1.807) is 6.26 Å². The van der Waals surface area contributed by atoms with Gasteiger partial charge in [-0.25, -0.2) is 0 Å². The minimum atomic E-state index is 0.590. The lowest BCUT2D eigenvalue weighted by Gasteiger charge is -2.25. The number of rotatable bonds is 6. The zero-order valence-electron chi connectivity index (χ0n) is 13.2. The van der Waals surface area contributed by atoms with Crippen molar-refractivity contribution in [3.05, 3.63) is 12.0 Å². The predicted octanol–water partition coefficient (Wildman–Crippen LogP) is 3.58. The molecule has 1 aromatic heterocycles. The minimum Gasteiger partial charge on any atom is -0.432 e. The minimum absolute atomic E-state index is 0.590. The number of anilines is 1. The molecule has 1 fully saturated rings. The highest BCUT2D eigenvalue weighted by Crippen LogP contribution is 2.24. The molecule has 2 rings (SSSR count). The van der Waals surface area contributed by atoms with Gasteiger partial charge in [-0.15, -0.1) is 0 Å². The summed E-state index contributed by atoms with van der Waals surface area (Å²) in [4.78, 5) is 6.84. The zero-order chi connectivity index (χ0) is 14.4. The van der Waals surface area contributed by atoms with Crippen molar-refractivity contribution >= 4 is 6.01 Å². The maximum atomic E-state index is 5.65. The largest absolute Gasteiger partial charge is 0.432 e. The van der Waals surface area contributed by atoms with Gasteiger partial charge in [-0.1, -0.05) is 39.5 Å². The van der Waals surface area contributed by atoms with Crippen LogP contribution in [0, 0.1) is 5.92 Å². The maximum absolute atomic E-state index is 5.65. The van der Waals surface area contributed by atoms with Gasteiger partial charge in [-0.3, -0.25) is 0 Å². The Morgan fingerprint density at radius 3 is 2.65 bits per heavy atom. The summed E-state index contributed by atoms with van der Waals surface area (Å²) in [5.41, 5.74) is 1.00. The van der Waals surface area contributed by atoms with Crippen LogP contribution < -0.4 is 10.2 Å². The molecule has 0 radical (unpaired) electrons. The van der Waals surface area contributed by atoms with Crippen LogP contribution in [0.4, 0.5) is 6.01 Å². The van der Waals surface area contributed by atoms with E-state index in [0.717, 1.165) is 24.8 Å². The van der Waals surface area contributed by atoms with Crippen LogP contribution in [0.5, 0.6) is 0 Å². The first-order chi connectivity index (χ1) is 9.66. The van der Waals surface area contributed by atoms with E-state index >= 15 is 0 Å². The molecule has 0 aromatic carbocycles. The third-order valence-electron chi connectivity index (χ3n) is 4.07. The molecule has 0 unspecified atom stereocenters. The lowest BCUT2D eigenvalue weighted by molar-refractivity contribution is 0.481. The van der Waals surface area contributed by atoms with Crippen LogP contribution in [-0.4, -0.2) is 24.6 Å². The molecule has 20 heavy (non-hydrogen) atoms. The first-order valence-electron chi connectivity index (χ1n) is 8.04. The Labute approximate surface area is 122 Å². The van der Waals surface area contributed by atoms with Gasteiger partial charge in [0.2, 0.25) is 0 Å². The van der Waals surface area contributed by atoms with Crippen molar-refractivity contribution in [1.82, 2.24) is 10.3 Å². The van der Waals surface area contributed by atoms with E-state index in [2.05, 4.69) is 36.1 Å². The third kappa shape index (κ3) is 4.51. The number of nitrogens with one attached hydrogen (secondary N) is 1. The molecule has 4 heteroatoms. The van der Waals surface area contributed by atoms with Crippen LogP contribution in [0.15, 0.2) is 10.7 Å². The zero-order valence-corrected chi connectivity index (χ0v) is 13.2. The van der Waals surface area contributed by atoms with E-state index < -0.39 is 0 Å². The molecule has 0 spiro atoms. The van der Waals surface area contributed by atoms with E-state index in [4.69, 9.17) is 4.42 Å². The predicted molar refractivity (Wildman–Crippen MR) is 82.9 cm³/mol. The fourth-order valence-electron chi connectivity index (χ4n) is 2.83. The smallest absolute Gasteiger partial charge is 0.297 e. The monoisotopic (exact) mass is 279 g/mol. The fraction of sp³-hybridized carbons (Fsp3) is 0.812. The van der Waals surface area contributed by atoms with Crippen molar-refractivity contribution in [3.63, 3.8) is 0 Å². The van der Waals surface area contributed by atoms with Crippen LogP contribution in [0.1, 0.15) is 58.1 Å². The molecule has 0 aliphatic heterocycles. The van der Waals surface area contributed by atoms with Crippen molar-refractivity contribution in [2.24, 2.45) is 5.92 Å². The number of hydrogen-bond acceptors (Lipinski definition) is 4. The summed E-state index contributed by atoms with van der Waals surface area (Å²) in [7, 11) is 2.12. The molecule has 1 N–H and O–H groups in total. The Morgan fingerprint density at radius 2 is 2.00 bits per heavy atom. The highest BCUT2D eigenvalue weighted by Gasteiger charge is 2.20. The number of aromatic nitrogens is 1. The summed E-state index contributed by atoms with van der Waals surface area (Å²) in [5, 5.41) is 3.40. The lowest BCUT2D eigenvalue weighted by Crippen LogP contribution is -2.31. The van der Waals surface area contributed by atoms with E-state index in [0.29, 0.717) is 12.0 Å². The summed E-state index contributed by atoms with van der Waals surface area (Å²) in [6.45, 7) is 6.23. The summed E-state index contributed by atoms with van der Waals surface area (Å²) in [6, 6.07) is 1.37. The first-order valence-corrected chi connectivity index (χ1v) is 8.04. The Bertz CT molecular complexity index is 381. The molecule has 1 aromatic rings. The molecule has 0 amide bonds. The van der Waals surface area contributed by atoms with Crippen LogP contribution in [0.25, 0.3) is 0 Å². The van der Waals surface area contributed by atoms with Gasteiger partial charge < -0.3 is 14.6 Å². The standard InChI is InChI=1S/C16H29N3O/c1-13(2)10-17-11-14-12-20-16(18-14)19(3)15-8-6-4-5-7-9-15/h12-13,15,17H,4-11H2,1-3H3. The van der Waals surface area contributed by atoms with Gasteiger partial charge in [0, 0.05) is 19.6 Å². The second-order valence-electron chi connectivity index (χ2n) is 6.40. The lowest BCUT2D eigenvalue weighted by atomic mass is 10.1. The van der Waals surface area contributed by atoms with Crippen molar-refractivity contribution in [2.45, 2.75) is 65.0 Å². The molecule has 1 aliphatic rings. The van der Waals surface area contributed by atoms with Crippen molar-refractivity contribution in [1.29, 1.82) is 0 Å². The summed E-state index contributed by atoms with van der Waals surface area (Å²) >= 11 is 0. The van der Waals surface area contributed by atoms with Gasteiger partial charge in [0.05, 0.1) is 5.69 Å². The highest BCUT2D eigenvalue weighted by atomic mass is 16.4. The highest BCUT2D eigenvalue weighted by molar-refractivity contribution is 5.27. The Hall–Kier alpha value is -1.03. The molecule has 0 saturated heterocycles. The molecular weight excluding hydrogens is 250 g/mol. The Kier molecular flexibility index (Phi) is 5.89. The molecule has 1 heterocycles. The van der Waals surface area contributed by atoms with Gasteiger partial charge in [-0.05, 0) is 25.3 Å². The van der Waals surface area contributed by atoms with Gasteiger partial charge >= 0.3 is 0 Å². The molecule has 0 bridgehead atoms. The van der Waals surface area contributed by atoms with Crippen LogP contribution in [0.3, 0.4) is 0 Å². The SMILES string of the molecule is CC(C)CNCc1coc(N(C)C2CCCCCC2)n1. The maximum Gasteiger partial charge on any atom is 0.297 e. The molecular formula is C16H29N3O. The van der Waals surface area contributed by atoms with Gasteiger partial charge in [0.15, 0.2) is 0 Å². The molecule has 1 saturated carbocycles. The number of hydrogen-bond donors (Lipinski definition) is 1. The Morgan fingerprint density at radius 1 is 1.30 bits per heavy atom. The number of nitrogens with zero attached hydrogens (tertiary/aromatic N) is 2. The second kappa shape index (κ2) is 7.67. The molecule has 114 valence electrons. The molecule has 1 aliphatic carbocycles. The van der Waals surface area contributed by atoms with E-state index in [-0.39, 0.29) is 0 Å². The second-order valence-corrected chi connectivity index (χ2v) is 6.40. The van der Waals surface area contributed by atoms with E-state index in [1.807, 2.05) is 0 Å². The number of oxazole rings is 1. The van der Waals surface area contributed by atoms with Gasteiger partial charge in [0.1, 0.15) is 6.26 Å². The third-order valence-corrected chi connectivity index (χ3v) is 4.07. The quantitative estimate of drug-likeness (QED) is 0.808. The average molecular weight is 279 g/mol. The van der Waals surface area contributed by atoms with Crippen LogP contribution >= 0.6 is 0 Å². The topological polar surface area (TPSA) is 41.3 Å². The van der Waals surface area contributed by atoms with E-state index in [1.165, 1.54) is 38.5 Å². The normalized spacial score (nSPS) is 17.4. The van der Waals surface area contributed by atoms with Crippen molar-refractivity contribution < 1.29 is 4.42 Å². The average Bonchev–Trinajstić information content (AvgIpc) is 2.72. The first kappa shape index (κ1) is 15.4. The van der Waals surface area contributed by atoms with E-state index in [9.17, 15) is 0 Å². The summed E-state index contributed by atoms with van der Waals surface area (Å²) in [5.74, 6) is 0.662. The Balaban J connectivity index is 1.86. The van der Waals surface area contributed by atoms with Gasteiger partial charge in [-0.2, -0.15) is 4.98 Å². The summed E-state index contributed by atoms with van der Waals surface area (Å²) in [6.07, 6.45) is 9.73. The molecule has 0 atom stereocenters. The fourth-order valence-corrected chi connectivity index (χ4v) is 2.83.